The third-order valence-corrected chi connectivity index (χ3v) is 4.65. The summed E-state index contributed by atoms with van der Waals surface area (Å²) in [7, 11) is 1.72. The minimum atomic E-state index is 0.595. The van der Waals surface area contributed by atoms with E-state index in [0.29, 0.717) is 6.61 Å². The van der Waals surface area contributed by atoms with Crippen molar-refractivity contribution in [1.82, 2.24) is 5.32 Å². The number of para-hydroxylation sites is 1. The summed E-state index contributed by atoms with van der Waals surface area (Å²) in [6, 6.07) is 24.8. The van der Waals surface area contributed by atoms with Gasteiger partial charge < -0.3 is 14.8 Å². The van der Waals surface area contributed by atoms with Gasteiger partial charge in [0.2, 0.25) is 0 Å². The maximum atomic E-state index is 5.98. The average Bonchev–Trinajstić information content (AvgIpc) is 2.71. The zero-order valence-electron chi connectivity index (χ0n) is 16.1. The highest BCUT2D eigenvalue weighted by Gasteiger charge is 2.03. The zero-order valence-corrected chi connectivity index (χ0v) is 16.1. The van der Waals surface area contributed by atoms with Crippen molar-refractivity contribution in [1.29, 1.82) is 0 Å². The molecule has 1 N–H and O–H groups in total. The van der Waals surface area contributed by atoms with Crippen molar-refractivity contribution < 1.29 is 9.47 Å². The summed E-state index contributed by atoms with van der Waals surface area (Å²) < 4.78 is 11.4. The van der Waals surface area contributed by atoms with E-state index in [2.05, 4.69) is 48.6 Å². The summed E-state index contributed by atoms with van der Waals surface area (Å²) in [6.07, 6.45) is 0.938. The first-order valence-electron chi connectivity index (χ1n) is 9.35. The lowest BCUT2D eigenvalue weighted by Crippen LogP contribution is -2.17. The zero-order chi connectivity index (χ0) is 18.9. The molecule has 3 aromatic rings. The molecule has 3 aromatic carbocycles. The fraction of sp³-hybridized carbons (Fsp3) is 0.250. The Balaban J connectivity index is 1.48. The summed E-state index contributed by atoms with van der Waals surface area (Å²) in [5.74, 6) is 1.85. The highest BCUT2D eigenvalue weighted by Crippen LogP contribution is 2.18. The van der Waals surface area contributed by atoms with Crippen LogP contribution in [-0.2, 0) is 19.6 Å². The molecule has 0 radical (unpaired) electrons. The second-order valence-electron chi connectivity index (χ2n) is 6.60. The Morgan fingerprint density at radius 3 is 2.44 bits per heavy atom. The van der Waals surface area contributed by atoms with Crippen molar-refractivity contribution in [2.75, 3.05) is 13.7 Å². The van der Waals surface area contributed by atoms with E-state index in [4.69, 9.17) is 9.47 Å². The largest absolute Gasteiger partial charge is 0.496 e. The molecule has 0 aromatic heterocycles. The van der Waals surface area contributed by atoms with Crippen molar-refractivity contribution in [2.24, 2.45) is 0 Å². The van der Waals surface area contributed by atoms with E-state index < -0.39 is 0 Å². The molecule has 0 amide bonds. The van der Waals surface area contributed by atoms with Gasteiger partial charge in [0.05, 0.1) is 7.11 Å². The smallest absolute Gasteiger partial charge is 0.122 e. The van der Waals surface area contributed by atoms with E-state index in [0.717, 1.165) is 31.0 Å². The third-order valence-electron chi connectivity index (χ3n) is 4.65. The van der Waals surface area contributed by atoms with Crippen molar-refractivity contribution in [3.63, 3.8) is 0 Å². The van der Waals surface area contributed by atoms with E-state index in [-0.39, 0.29) is 0 Å². The van der Waals surface area contributed by atoms with Crippen LogP contribution >= 0.6 is 0 Å². The Kier molecular flexibility index (Phi) is 6.89. The number of nitrogens with one attached hydrogen (secondary N) is 1. The second kappa shape index (κ2) is 9.79. The normalized spacial score (nSPS) is 10.6. The van der Waals surface area contributed by atoms with Gasteiger partial charge in [0.25, 0.3) is 0 Å². The summed E-state index contributed by atoms with van der Waals surface area (Å²) >= 11 is 0. The van der Waals surface area contributed by atoms with Crippen LogP contribution in [0.25, 0.3) is 0 Å². The van der Waals surface area contributed by atoms with Crippen LogP contribution in [0.15, 0.2) is 72.8 Å². The highest BCUT2D eigenvalue weighted by molar-refractivity contribution is 5.33. The molecule has 0 aliphatic heterocycles. The van der Waals surface area contributed by atoms with Gasteiger partial charge >= 0.3 is 0 Å². The van der Waals surface area contributed by atoms with Gasteiger partial charge in [-0.05, 0) is 60.3 Å². The van der Waals surface area contributed by atoms with Gasteiger partial charge in [0, 0.05) is 6.54 Å². The van der Waals surface area contributed by atoms with Crippen LogP contribution in [0.3, 0.4) is 0 Å². The van der Waals surface area contributed by atoms with Crippen LogP contribution in [0.1, 0.15) is 22.3 Å². The summed E-state index contributed by atoms with van der Waals surface area (Å²) in [5.41, 5.74) is 4.92. The number of hydrogen-bond donors (Lipinski definition) is 1. The van der Waals surface area contributed by atoms with Crippen molar-refractivity contribution in [3.05, 3.63) is 95.1 Å². The number of aryl methyl sites for hydroxylation is 1. The number of hydrogen-bond acceptors (Lipinski definition) is 3. The van der Waals surface area contributed by atoms with Crippen LogP contribution in [0.5, 0.6) is 11.5 Å². The van der Waals surface area contributed by atoms with Gasteiger partial charge in [-0.1, -0.05) is 54.6 Å². The molecule has 0 unspecified atom stereocenters. The number of rotatable bonds is 9. The van der Waals surface area contributed by atoms with Gasteiger partial charge in [-0.15, -0.1) is 0 Å². The molecular formula is C24H27NO2. The van der Waals surface area contributed by atoms with Crippen LogP contribution in [0, 0.1) is 6.92 Å². The first kappa shape index (κ1) is 19.0. The van der Waals surface area contributed by atoms with Gasteiger partial charge in [-0.3, -0.25) is 0 Å². The lowest BCUT2D eigenvalue weighted by molar-refractivity contribution is 0.305. The molecule has 0 fully saturated rings. The molecule has 3 nitrogen and oxygen atoms in total. The molecular weight excluding hydrogens is 334 g/mol. The Morgan fingerprint density at radius 2 is 1.63 bits per heavy atom. The first-order chi connectivity index (χ1) is 13.3. The van der Waals surface area contributed by atoms with E-state index in [1.54, 1.807) is 7.11 Å². The maximum Gasteiger partial charge on any atom is 0.122 e. The van der Waals surface area contributed by atoms with Crippen LogP contribution < -0.4 is 14.8 Å². The monoisotopic (exact) mass is 361 g/mol. The van der Waals surface area contributed by atoms with E-state index >= 15 is 0 Å². The Morgan fingerprint density at radius 1 is 0.852 bits per heavy atom. The molecule has 3 heteroatoms. The van der Waals surface area contributed by atoms with Gasteiger partial charge in [-0.25, -0.2) is 0 Å². The van der Waals surface area contributed by atoms with Gasteiger partial charge in [0.1, 0.15) is 18.1 Å². The summed E-state index contributed by atoms with van der Waals surface area (Å²) in [6.45, 7) is 4.42. The lowest BCUT2D eigenvalue weighted by atomic mass is 10.1. The average molecular weight is 361 g/mol. The lowest BCUT2D eigenvalue weighted by Gasteiger charge is -2.11. The maximum absolute atomic E-state index is 5.98. The van der Waals surface area contributed by atoms with Crippen LogP contribution in [-0.4, -0.2) is 13.7 Å². The predicted octanol–water partition coefficient (Wildman–Crippen LogP) is 4.91. The minimum Gasteiger partial charge on any atom is -0.496 e. The second-order valence-corrected chi connectivity index (χ2v) is 6.60. The van der Waals surface area contributed by atoms with Crippen molar-refractivity contribution in [2.45, 2.75) is 26.5 Å². The molecule has 0 saturated carbocycles. The molecule has 3 rings (SSSR count). The fourth-order valence-electron chi connectivity index (χ4n) is 3.04. The van der Waals surface area contributed by atoms with Crippen molar-refractivity contribution >= 4 is 0 Å². The molecule has 0 aliphatic carbocycles. The molecule has 0 heterocycles. The third kappa shape index (κ3) is 5.60. The standard InChI is InChI=1S/C24H27NO2/c1-19-8-3-4-11-22(19)18-27-23-12-7-9-20(16-23)17-25-15-14-21-10-5-6-13-24(21)26-2/h3-13,16,25H,14-15,17-18H2,1-2H3. The highest BCUT2D eigenvalue weighted by atomic mass is 16.5. The number of ether oxygens (including phenoxy) is 2. The SMILES string of the molecule is COc1ccccc1CCNCc1cccc(OCc2ccccc2C)c1. The van der Waals surface area contributed by atoms with Crippen LogP contribution in [0.4, 0.5) is 0 Å². The molecule has 0 aliphatic rings. The van der Waals surface area contributed by atoms with E-state index in [9.17, 15) is 0 Å². The Bertz CT molecular complexity index is 860. The number of benzene rings is 3. The van der Waals surface area contributed by atoms with Gasteiger partial charge in [0.15, 0.2) is 0 Å². The Labute approximate surface area is 162 Å². The first-order valence-corrected chi connectivity index (χ1v) is 9.35. The van der Waals surface area contributed by atoms with E-state index in [1.807, 2.05) is 36.4 Å². The summed E-state index contributed by atoms with van der Waals surface area (Å²) in [5, 5.41) is 3.50. The molecule has 0 atom stereocenters. The molecule has 0 spiro atoms. The molecule has 0 saturated heterocycles. The molecule has 0 bridgehead atoms. The van der Waals surface area contributed by atoms with E-state index in [1.165, 1.54) is 22.3 Å². The predicted molar refractivity (Wildman–Crippen MR) is 110 cm³/mol. The quantitative estimate of drug-likeness (QED) is 0.549. The topological polar surface area (TPSA) is 30.5 Å². The fourth-order valence-corrected chi connectivity index (χ4v) is 3.04. The minimum absolute atomic E-state index is 0.595. The van der Waals surface area contributed by atoms with Crippen LogP contribution in [0.2, 0.25) is 0 Å². The number of methoxy groups -OCH3 is 1. The van der Waals surface area contributed by atoms with Gasteiger partial charge in [-0.2, -0.15) is 0 Å². The molecule has 140 valence electrons. The summed E-state index contributed by atoms with van der Waals surface area (Å²) in [4.78, 5) is 0. The van der Waals surface area contributed by atoms with Crippen molar-refractivity contribution in [3.8, 4) is 11.5 Å². The molecule has 27 heavy (non-hydrogen) atoms. The Hall–Kier alpha value is -2.78.